The number of piperidine rings is 1. The molecule has 2 heterocycles. The minimum Gasteiger partial charge on any atom is -0.494 e. The molecule has 1 aliphatic rings. The van der Waals surface area contributed by atoms with Crippen molar-refractivity contribution in [3.63, 3.8) is 0 Å². The number of rotatable bonds is 6. The molecule has 1 aliphatic heterocycles. The molecular weight excluding hydrogens is 351 g/mol. The van der Waals surface area contributed by atoms with Gasteiger partial charge >= 0.3 is 0 Å². The molecule has 1 fully saturated rings. The quantitative estimate of drug-likeness (QED) is 0.843. The second kappa shape index (κ2) is 8.57. The second-order valence-electron chi connectivity index (χ2n) is 6.27. The normalized spacial score (nSPS) is 14.1. The van der Waals surface area contributed by atoms with Crippen LogP contribution in [0, 0.1) is 5.82 Å². The SMILES string of the molecule is COc1cc(-c2cc(NC(=O)CCN3CCCCC3=O)ncn2)ccc1F. The number of nitrogens with one attached hydrogen (secondary N) is 1. The number of ether oxygens (including phenoxy) is 1. The van der Waals surface area contributed by atoms with Crippen LogP contribution in [0.4, 0.5) is 10.2 Å². The van der Waals surface area contributed by atoms with Gasteiger partial charge in [0.15, 0.2) is 11.6 Å². The third kappa shape index (κ3) is 4.78. The fourth-order valence-electron chi connectivity index (χ4n) is 2.94. The average molecular weight is 372 g/mol. The lowest BCUT2D eigenvalue weighted by Crippen LogP contribution is -2.37. The van der Waals surface area contributed by atoms with E-state index in [1.54, 1.807) is 17.0 Å². The summed E-state index contributed by atoms with van der Waals surface area (Å²) < 4.78 is 18.5. The molecule has 8 heteroatoms. The zero-order chi connectivity index (χ0) is 19.2. The van der Waals surface area contributed by atoms with Crippen LogP contribution in [-0.4, -0.2) is 46.9 Å². The van der Waals surface area contributed by atoms with Crippen molar-refractivity contribution in [1.29, 1.82) is 0 Å². The smallest absolute Gasteiger partial charge is 0.227 e. The first-order valence-electron chi connectivity index (χ1n) is 8.80. The standard InChI is InChI=1S/C19H21FN4O3/c1-27-16-10-13(5-6-14(16)20)15-11-17(22-12-21-15)23-18(25)7-9-24-8-3-2-4-19(24)26/h5-6,10-12H,2-4,7-9H2,1H3,(H,21,22,23,25). The molecule has 3 rings (SSSR count). The Hall–Kier alpha value is -3.03. The highest BCUT2D eigenvalue weighted by Crippen LogP contribution is 2.25. The summed E-state index contributed by atoms with van der Waals surface area (Å²) in [5, 5.41) is 2.71. The van der Waals surface area contributed by atoms with Gasteiger partial charge in [0.25, 0.3) is 0 Å². The molecule has 0 radical (unpaired) electrons. The van der Waals surface area contributed by atoms with Crippen molar-refractivity contribution in [2.75, 3.05) is 25.5 Å². The molecule has 27 heavy (non-hydrogen) atoms. The van der Waals surface area contributed by atoms with Gasteiger partial charge in [-0.05, 0) is 31.0 Å². The number of carbonyl (C=O) groups is 2. The maximum absolute atomic E-state index is 13.6. The third-order valence-corrected chi connectivity index (χ3v) is 4.41. The lowest BCUT2D eigenvalue weighted by molar-refractivity contribution is -0.133. The van der Waals surface area contributed by atoms with E-state index < -0.39 is 5.82 Å². The molecule has 142 valence electrons. The largest absolute Gasteiger partial charge is 0.494 e. The Morgan fingerprint density at radius 2 is 2.15 bits per heavy atom. The number of benzene rings is 1. The zero-order valence-corrected chi connectivity index (χ0v) is 15.1. The molecule has 2 amide bonds. The molecule has 0 unspecified atom stereocenters. The van der Waals surface area contributed by atoms with Gasteiger partial charge in [-0.15, -0.1) is 0 Å². The summed E-state index contributed by atoms with van der Waals surface area (Å²) in [5.74, 6) is -0.129. The van der Waals surface area contributed by atoms with Crippen molar-refractivity contribution >= 4 is 17.6 Å². The highest BCUT2D eigenvalue weighted by Gasteiger charge is 2.18. The van der Waals surface area contributed by atoms with E-state index in [1.165, 1.54) is 25.6 Å². The van der Waals surface area contributed by atoms with Crippen LogP contribution in [0.3, 0.4) is 0 Å². The molecule has 1 aromatic heterocycles. The monoisotopic (exact) mass is 372 g/mol. The van der Waals surface area contributed by atoms with Crippen molar-refractivity contribution in [3.8, 4) is 17.0 Å². The molecule has 1 saturated heterocycles. The maximum Gasteiger partial charge on any atom is 0.227 e. The summed E-state index contributed by atoms with van der Waals surface area (Å²) in [6.45, 7) is 1.11. The van der Waals surface area contributed by atoms with Gasteiger partial charge in [-0.3, -0.25) is 9.59 Å². The zero-order valence-electron chi connectivity index (χ0n) is 15.1. The van der Waals surface area contributed by atoms with Crippen LogP contribution in [-0.2, 0) is 9.59 Å². The van der Waals surface area contributed by atoms with Crippen LogP contribution in [0.1, 0.15) is 25.7 Å². The number of anilines is 1. The van der Waals surface area contributed by atoms with E-state index in [2.05, 4.69) is 15.3 Å². The summed E-state index contributed by atoms with van der Waals surface area (Å²) in [6, 6.07) is 6.01. The van der Waals surface area contributed by atoms with Crippen LogP contribution in [0.5, 0.6) is 5.75 Å². The molecule has 0 spiro atoms. The van der Waals surface area contributed by atoms with E-state index >= 15 is 0 Å². The topological polar surface area (TPSA) is 84.4 Å². The minimum absolute atomic E-state index is 0.101. The number of halogens is 1. The second-order valence-corrected chi connectivity index (χ2v) is 6.27. The number of likely N-dealkylation sites (tertiary alicyclic amines) is 1. The van der Waals surface area contributed by atoms with Crippen molar-refractivity contribution in [3.05, 3.63) is 36.4 Å². The van der Waals surface area contributed by atoms with E-state index in [0.29, 0.717) is 36.6 Å². The lowest BCUT2D eigenvalue weighted by atomic mass is 10.1. The molecule has 7 nitrogen and oxygen atoms in total. The Morgan fingerprint density at radius 1 is 1.30 bits per heavy atom. The Labute approximate surface area is 156 Å². The van der Waals surface area contributed by atoms with Crippen LogP contribution < -0.4 is 10.1 Å². The predicted octanol–water partition coefficient (Wildman–Crippen LogP) is 2.63. The molecule has 1 N–H and O–H groups in total. The Balaban J connectivity index is 1.63. The fraction of sp³-hybridized carbons (Fsp3) is 0.368. The third-order valence-electron chi connectivity index (χ3n) is 4.41. The molecule has 0 atom stereocenters. The molecule has 0 aliphatic carbocycles. The van der Waals surface area contributed by atoms with E-state index in [1.807, 2.05) is 0 Å². The van der Waals surface area contributed by atoms with Gasteiger partial charge in [0.1, 0.15) is 12.1 Å². The van der Waals surface area contributed by atoms with Gasteiger partial charge in [0, 0.05) is 37.6 Å². The van der Waals surface area contributed by atoms with Gasteiger partial charge < -0.3 is 15.0 Å². The van der Waals surface area contributed by atoms with Gasteiger partial charge in [0.05, 0.1) is 12.8 Å². The summed E-state index contributed by atoms with van der Waals surface area (Å²) >= 11 is 0. The molecule has 1 aromatic carbocycles. The van der Waals surface area contributed by atoms with Crippen molar-refractivity contribution in [2.45, 2.75) is 25.7 Å². The molecule has 2 aromatic rings. The van der Waals surface area contributed by atoms with Crippen LogP contribution in [0.2, 0.25) is 0 Å². The molecular formula is C19H21FN4O3. The van der Waals surface area contributed by atoms with Gasteiger partial charge in [-0.2, -0.15) is 0 Å². The number of hydrogen-bond donors (Lipinski definition) is 1. The lowest BCUT2D eigenvalue weighted by Gasteiger charge is -2.26. The minimum atomic E-state index is -0.462. The highest BCUT2D eigenvalue weighted by molar-refractivity contribution is 5.90. The van der Waals surface area contributed by atoms with Crippen LogP contribution >= 0.6 is 0 Å². The number of nitrogens with zero attached hydrogens (tertiary/aromatic N) is 3. The van der Waals surface area contributed by atoms with Gasteiger partial charge in [0.2, 0.25) is 11.8 Å². The Morgan fingerprint density at radius 3 is 2.93 bits per heavy atom. The van der Waals surface area contributed by atoms with E-state index in [-0.39, 0.29) is 24.0 Å². The van der Waals surface area contributed by atoms with Crippen LogP contribution in [0.15, 0.2) is 30.6 Å². The van der Waals surface area contributed by atoms with Crippen molar-refractivity contribution in [1.82, 2.24) is 14.9 Å². The van der Waals surface area contributed by atoms with E-state index in [9.17, 15) is 14.0 Å². The molecule has 0 bridgehead atoms. The fourth-order valence-corrected chi connectivity index (χ4v) is 2.94. The van der Waals surface area contributed by atoms with Crippen molar-refractivity contribution in [2.24, 2.45) is 0 Å². The van der Waals surface area contributed by atoms with Crippen LogP contribution in [0.25, 0.3) is 11.3 Å². The predicted molar refractivity (Wildman–Crippen MR) is 97.7 cm³/mol. The summed E-state index contributed by atoms with van der Waals surface area (Å²) in [7, 11) is 1.39. The number of carbonyl (C=O) groups excluding carboxylic acids is 2. The average Bonchev–Trinajstić information content (AvgIpc) is 2.68. The summed E-state index contributed by atoms with van der Waals surface area (Å²) in [5.41, 5.74) is 1.18. The van der Waals surface area contributed by atoms with Crippen molar-refractivity contribution < 1.29 is 18.7 Å². The highest BCUT2D eigenvalue weighted by atomic mass is 19.1. The Kier molecular flexibility index (Phi) is 5.95. The molecule has 0 saturated carbocycles. The first kappa shape index (κ1) is 18.8. The van der Waals surface area contributed by atoms with E-state index in [4.69, 9.17) is 4.74 Å². The van der Waals surface area contributed by atoms with E-state index in [0.717, 1.165) is 12.8 Å². The number of aromatic nitrogens is 2. The first-order valence-corrected chi connectivity index (χ1v) is 8.80. The van der Waals surface area contributed by atoms with Gasteiger partial charge in [-0.1, -0.05) is 0 Å². The summed E-state index contributed by atoms with van der Waals surface area (Å²) in [4.78, 5) is 33.9. The maximum atomic E-state index is 13.6. The first-order chi connectivity index (χ1) is 13.1. The number of amides is 2. The van der Waals surface area contributed by atoms with Gasteiger partial charge in [-0.25, -0.2) is 14.4 Å². The Bertz CT molecular complexity index is 843. The number of hydrogen-bond acceptors (Lipinski definition) is 5. The summed E-state index contributed by atoms with van der Waals surface area (Å²) in [6.07, 6.45) is 3.98. The number of methoxy groups -OCH3 is 1.